The second-order valence-electron chi connectivity index (χ2n) is 6.46. The molecule has 1 nitrogen and oxygen atoms in total. The molecule has 0 aliphatic carbocycles. The summed E-state index contributed by atoms with van der Waals surface area (Å²) in [6, 6.07) is 43.7. The van der Waals surface area contributed by atoms with Crippen LogP contribution in [0.2, 0.25) is 0 Å². The van der Waals surface area contributed by atoms with Gasteiger partial charge < -0.3 is 24.8 Å². The van der Waals surface area contributed by atoms with Crippen molar-refractivity contribution >= 4 is 37.4 Å². The van der Waals surface area contributed by atoms with Crippen molar-refractivity contribution in [1.29, 1.82) is 0 Å². The van der Waals surface area contributed by atoms with Gasteiger partial charge in [0.05, 0.1) is 0 Å². The van der Waals surface area contributed by atoms with E-state index in [1.807, 2.05) is 0 Å². The fourth-order valence-electron chi connectivity index (χ4n) is 3.33. The first-order chi connectivity index (χ1) is 13.8. The Labute approximate surface area is 237 Å². The molecule has 0 fully saturated rings. The van der Waals surface area contributed by atoms with Crippen LogP contribution in [-0.2, 0) is 44.8 Å². The SMILES string of the molecule is CN(P(c1ccccc1)c1ccccc1)P(c1ccccc1)c1ccccc1.[Au].[Au].[Cl-].[Cl-]. The average molecular weight is 864 g/mol. The molecule has 0 atom stereocenters. The van der Waals surface area contributed by atoms with Crippen LogP contribution in [0.3, 0.4) is 0 Å². The van der Waals surface area contributed by atoms with Gasteiger partial charge in [0.1, 0.15) is 0 Å². The number of benzene rings is 4. The number of rotatable bonds is 6. The quantitative estimate of drug-likeness (QED) is 0.178. The maximum absolute atomic E-state index is 2.61. The summed E-state index contributed by atoms with van der Waals surface area (Å²) in [4.78, 5) is 0. The standard InChI is InChI=1S/C25H23NP2.2Au.2ClH/c1-26(27(22-14-6-2-7-15-22)23-16-8-3-9-17-23)28(24-18-10-4-11-19-24)25-20-12-5-13-21-25;;;;/h2-21H,1H3;;;2*1H/p-2. The summed E-state index contributed by atoms with van der Waals surface area (Å²) in [5.41, 5.74) is 0. The molecule has 4 aromatic carbocycles. The van der Waals surface area contributed by atoms with E-state index in [0.717, 1.165) is 0 Å². The van der Waals surface area contributed by atoms with Crippen molar-refractivity contribution in [2.45, 2.75) is 0 Å². The molecule has 0 spiro atoms. The second-order valence-corrected chi connectivity index (χ2v) is 11.3. The first-order valence-corrected chi connectivity index (χ1v) is 12.0. The topological polar surface area (TPSA) is 3.24 Å². The van der Waals surface area contributed by atoms with E-state index in [2.05, 4.69) is 133 Å². The summed E-state index contributed by atoms with van der Waals surface area (Å²) in [5.74, 6) is 0. The maximum atomic E-state index is 2.61. The molecule has 2 radical (unpaired) electrons. The van der Waals surface area contributed by atoms with Crippen LogP contribution in [0.1, 0.15) is 0 Å². The number of nitrogens with zero attached hydrogens (tertiary/aromatic N) is 1. The van der Waals surface area contributed by atoms with Gasteiger partial charge in [-0.15, -0.1) is 0 Å². The van der Waals surface area contributed by atoms with Crippen molar-refractivity contribution in [2.24, 2.45) is 0 Å². The molecule has 0 aliphatic rings. The van der Waals surface area contributed by atoms with E-state index in [9.17, 15) is 0 Å². The zero-order chi connectivity index (χ0) is 19.2. The summed E-state index contributed by atoms with van der Waals surface area (Å²) in [5, 5.41) is 5.52. The largest absolute Gasteiger partial charge is 1.00 e. The Kier molecular flexibility index (Phi) is 16.3. The normalized spacial score (nSPS) is 9.88. The third kappa shape index (κ3) is 7.92. The molecule has 0 saturated heterocycles. The zero-order valence-electron chi connectivity index (χ0n) is 17.2. The first-order valence-electron chi connectivity index (χ1n) is 9.38. The fourth-order valence-corrected chi connectivity index (χ4v) is 9.04. The molecule has 0 saturated carbocycles. The van der Waals surface area contributed by atoms with Crippen LogP contribution in [0.15, 0.2) is 121 Å². The van der Waals surface area contributed by atoms with Crippen molar-refractivity contribution in [2.75, 3.05) is 7.05 Å². The molecule has 0 heterocycles. The van der Waals surface area contributed by atoms with Crippen LogP contribution in [0, 0.1) is 0 Å². The molecular formula is C25H23Au2Cl2NP2-2. The van der Waals surface area contributed by atoms with Gasteiger partial charge in [0.15, 0.2) is 0 Å². The molecule has 7 heteroatoms. The van der Waals surface area contributed by atoms with Gasteiger partial charge in [-0.1, -0.05) is 121 Å². The van der Waals surface area contributed by atoms with Crippen LogP contribution in [0.25, 0.3) is 0 Å². The van der Waals surface area contributed by atoms with Gasteiger partial charge in [-0.25, -0.2) is 4.44 Å². The van der Waals surface area contributed by atoms with Crippen molar-refractivity contribution < 1.29 is 69.6 Å². The van der Waals surface area contributed by atoms with Gasteiger partial charge in [-0.3, -0.25) is 0 Å². The zero-order valence-corrected chi connectivity index (χ0v) is 24.9. The van der Waals surface area contributed by atoms with E-state index in [4.69, 9.17) is 0 Å². The number of hydrogen-bond donors (Lipinski definition) is 0. The monoisotopic (exact) mass is 863 g/mol. The van der Waals surface area contributed by atoms with Gasteiger partial charge >= 0.3 is 0 Å². The molecule has 176 valence electrons. The van der Waals surface area contributed by atoms with Crippen molar-refractivity contribution in [3.8, 4) is 0 Å². The summed E-state index contributed by atoms with van der Waals surface area (Å²) in [7, 11) is 1.02. The summed E-state index contributed by atoms with van der Waals surface area (Å²) >= 11 is 0. The molecular weight excluding hydrogens is 841 g/mol. The Bertz CT molecular complexity index is 835. The second kappa shape index (κ2) is 16.4. The van der Waals surface area contributed by atoms with Crippen molar-refractivity contribution in [1.82, 2.24) is 4.44 Å². The van der Waals surface area contributed by atoms with E-state index in [1.54, 1.807) is 0 Å². The number of hydrogen-bond acceptors (Lipinski definition) is 1. The van der Waals surface area contributed by atoms with Gasteiger partial charge in [-0.05, 0) is 28.3 Å². The third-order valence-corrected chi connectivity index (χ3v) is 9.96. The van der Waals surface area contributed by atoms with Crippen LogP contribution in [0.5, 0.6) is 0 Å². The Balaban J connectivity index is 0.00000240. The van der Waals surface area contributed by atoms with Gasteiger partial charge in [-0.2, -0.15) is 0 Å². The fraction of sp³-hybridized carbons (Fsp3) is 0.0400. The minimum atomic E-state index is -0.637. The summed E-state index contributed by atoms with van der Waals surface area (Å²) < 4.78 is 2.61. The predicted molar refractivity (Wildman–Crippen MR) is 126 cm³/mol. The van der Waals surface area contributed by atoms with Gasteiger partial charge in [0, 0.05) is 60.9 Å². The Morgan fingerprint density at radius 2 is 0.594 bits per heavy atom. The van der Waals surface area contributed by atoms with Gasteiger partial charge in [0.25, 0.3) is 0 Å². The Morgan fingerprint density at radius 3 is 0.781 bits per heavy atom. The molecule has 0 amide bonds. The first kappa shape index (κ1) is 31.8. The van der Waals surface area contributed by atoms with E-state index in [-0.39, 0.29) is 69.6 Å². The molecule has 4 rings (SSSR count). The minimum absolute atomic E-state index is 0. The number of halogens is 2. The van der Waals surface area contributed by atoms with E-state index in [0.29, 0.717) is 0 Å². The van der Waals surface area contributed by atoms with Gasteiger partial charge in [0.2, 0.25) is 0 Å². The van der Waals surface area contributed by atoms with Crippen LogP contribution in [0.4, 0.5) is 0 Å². The molecule has 0 aromatic heterocycles. The van der Waals surface area contributed by atoms with Crippen molar-refractivity contribution in [3.05, 3.63) is 121 Å². The molecule has 0 N–H and O–H groups in total. The van der Waals surface area contributed by atoms with Crippen LogP contribution < -0.4 is 46.0 Å². The van der Waals surface area contributed by atoms with Crippen LogP contribution >= 0.6 is 16.1 Å². The Hall–Kier alpha value is -0.239. The van der Waals surface area contributed by atoms with E-state index in [1.165, 1.54) is 21.2 Å². The molecule has 4 aromatic rings. The summed E-state index contributed by atoms with van der Waals surface area (Å²) in [6.45, 7) is 0. The van der Waals surface area contributed by atoms with Crippen LogP contribution in [-0.4, -0.2) is 11.5 Å². The predicted octanol–water partition coefficient (Wildman–Crippen LogP) is -0.983. The average Bonchev–Trinajstić information content (AvgIpc) is 2.77. The molecule has 0 bridgehead atoms. The van der Waals surface area contributed by atoms with E-state index < -0.39 is 16.1 Å². The molecule has 0 aliphatic heterocycles. The Morgan fingerprint density at radius 1 is 0.406 bits per heavy atom. The maximum Gasteiger partial charge on any atom is 0.0320 e. The summed E-state index contributed by atoms with van der Waals surface area (Å²) in [6.07, 6.45) is 0. The van der Waals surface area contributed by atoms with E-state index >= 15 is 0 Å². The minimum Gasteiger partial charge on any atom is -1.00 e. The smallest absolute Gasteiger partial charge is 0.0320 e. The third-order valence-electron chi connectivity index (χ3n) is 4.58. The molecule has 0 unspecified atom stereocenters. The van der Waals surface area contributed by atoms with Crippen molar-refractivity contribution in [3.63, 3.8) is 0 Å². The molecule has 32 heavy (non-hydrogen) atoms.